The van der Waals surface area contributed by atoms with Gasteiger partial charge in [-0.25, -0.2) is 8.78 Å². The summed E-state index contributed by atoms with van der Waals surface area (Å²) in [4.78, 5) is 4.26. The Bertz CT molecular complexity index is 1160. The van der Waals surface area contributed by atoms with Gasteiger partial charge in [-0.15, -0.1) is 0 Å². The van der Waals surface area contributed by atoms with E-state index in [4.69, 9.17) is 0 Å². The highest BCUT2D eigenvalue weighted by molar-refractivity contribution is 5.85. The number of anilines is 1. The maximum Gasteiger partial charge on any atom is 0.401 e. The van der Waals surface area contributed by atoms with Crippen LogP contribution in [-0.2, 0) is 6.42 Å². The van der Waals surface area contributed by atoms with Gasteiger partial charge in [0.15, 0.2) is 5.82 Å². The molecular formula is C25H28F6N4. The number of nitrogens with zero attached hydrogens (tertiary/aromatic N) is 1. The number of H-pyrrole nitrogens is 1. The minimum atomic E-state index is -4.55. The predicted molar refractivity (Wildman–Crippen MR) is 124 cm³/mol. The number of alkyl halides is 4. The van der Waals surface area contributed by atoms with Gasteiger partial charge in [-0.3, -0.25) is 9.29 Å². The van der Waals surface area contributed by atoms with Crippen LogP contribution in [0.2, 0.25) is 0 Å². The molecule has 35 heavy (non-hydrogen) atoms. The lowest BCUT2D eigenvalue weighted by molar-refractivity contribution is -0.155. The molecule has 4 rings (SSSR count). The highest BCUT2D eigenvalue weighted by Gasteiger charge is 2.44. The van der Waals surface area contributed by atoms with Crippen molar-refractivity contribution in [3.63, 3.8) is 0 Å². The molecule has 0 fully saturated rings. The summed E-state index contributed by atoms with van der Waals surface area (Å²) in [6, 6.07) is 7.69. The molecule has 10 heteroatoms. The second-order valence-corrected chi connectivity index (χ2v) is 8.85. The second kappa shape index (κ2) is 10.5. The summed E-state index contributed by atoms with van der Waals surface area (Å²) in [5.74, 6) is -1.84. The van der Waals surface area contributed by atoms with Crippen molar-refractivity contribution < 1.29 is 26.3 Å². The first kappa shape index (κ1) is 25.4. The zero-order valence-electron chi connectivity index (χ0n) is 19.3. The monoisotopic (exact) mass is 498 g/mol. The molecule has 1 aliphatic rings. The van der Waals surface area contributed by atoms with Crippen molar-refractivity contribution in [2.45, 2.75) is 38.0 Å². The fourth-order valence-corrected chi connectivity index (χ4v) is 4.83. The van der Waals surface area contributed by atoms with Gasteiger partial charge in [0.05, 0.1) is 24.9 Å². The van der Waals surface area contributed by atoms with Crippen LogP contribution in [-0.4, -0.2) is 55.0 Å². The lowest BCUT2D eigenvalue weighted by Gasteiger charge is -2.41. The standard InChI is InChI=1S/C25H28F6N4/c1-15-13-17-16-5-2-3-6-19(16)34-23(17)24(35(15)14-25(29,30)31)21-18(27)7-8-20(22(21)28)33-12-11-32-10-4-9-26/h2-3,5-8,15,24,32-34H,4,9-14H2,1H3/t15-,24?/m1/s1. The number of halogens is 6. The van der Waals surface area contributed by atoms with E-state index in [0.29, 0.717) is 37.1 Å². The normalized spacial score (nSPS) is 18.7. The molecule has 1 unspecified atom stereocenters. The van der Waals surface area contributed by atoms with Gasteiger partial charge in [-0.2, -0.15) is 13.2 Å². The van der Waals surface area contributed by atoms with Crippen LogP contribution in [0.4, 0.5) is 32.0 Å². The van der Waals surface area contributed by atoms with Crippen LogP contribution in [0.15, 0.2) is 36.4 Å². The zero-order chi connectivity index (χ0) is 25.2. The molecule has 0 amide bonds. The minimum Gasteiger partial charge on any atom is -0.381 e. The number of hydrogen-bond acceptors (Lipinski definition) is 3. The van der Waals surface area contributed by atoms with Crippen LogP contribution in [0.5, 0.6) is 0 Å². The van der Waals surface area contributed by atoms with Crippen LogP contribution in [0.25, 0.3) is 10.9 Å². The van der Waals surface area contributed by atoms with E-state index in [1.54, 1.807) is 19.1 Å². The molecular weight excluding hydrogens is 470 g/mol. The molecule has 190 valence electrons. The van der Waals surface area contributed by atoms with Crippen molar-refractivity contribution in [3.05, 3.63) is 64.9 Å². The molecule has 0 radical (unpaired) electrons. The minimum absolute atomic E-state index is 0.00321. The first-order valence-corrected chi connectivity index (χ1v) is 11.6. The van der Waals surface area contributed by atoms with Gasteiger partial charge in [-0.05, 0) is 50.1 Å². The summed E-state index contributed by atoms with van der Waals surface area (Å²) in [6.07, 6.45) is -3.88. The van der Waals surface area contributed by atoms with Gasteiger partial charge in [0.2, 0.25) is 0 Å². The van der Waals surface area contributed by atoms with Gasteiger partial charge in [-0.1, -0.05) is 18.2 Å². The Hall–Kier alpha value is -2.72. The number of rotatable bonds is 9. The number of benzene rings is 2. The molecule has 0 saturated heterocycles. The smallest absolute Gasteiger partial charge is 0.381 e. The molecule has 0 spiro atoms. The summed E-state index contributed by atoms with van der Waals surface area (Å²) >= 11 is 0. The van der Waals surface area contributed by atoms with Gasteiger partial charge < -0.3 is 15.6 Å². The number of hydrogen-bond donors (Lipinski definition) is 3. The largest absolute Gasteiger partial charge is 0.401 e. The Kier molecular flexibility index (Phi) is 7.61. The molecule has 3 aromatic rings. The van der Waals surface area contributed by atoms with Crippen molar-refractivity contribution in [3.8, 4) is 0 Å². The molecule has 2 atom stereocenters. The lowest BCUT2D eigenvalue weighted by atomic mass is 9.88. The summed E-state index contributed by atoms with van der Waals surface area (Å²) in [6.45, 7) is 1.05. The molecule has 3 N–H and O–H groups in total. The molecule has 1 aliphatic heterocycles. The van der Waals surface area contributed by atoms with Crippen LogP contribution >= 0.6 is 0 Å². The average Bonchev–Trinajstić information content (AvgIpc) is 3.16. The van der Waals surface area contributed by atoms with Crippen molar-refractivity contribution in [1.29, 1.82) is 0 Å². The van der Waals surface area contributed by atoms with Gasteiger partial charge >= 0.3 is 6.18 Å². The molecule has 1 aromatic heterocycles. The number of fused-ring (bicyclic) bond motifs is 3. The van der Waals surface area contributed by atoms with Gasteiger partial charge in [0.1, 0.15) is 5.82 Å². The first-order valence-electron chi connectivity index (χ1n) is 11.6. The predicted octanol–water partition coefficient (Wildman–Crippen LogP) is 5.71. The maximum absolute atomic E-state index is 15.7. The fourth-order valence-electron chi connectivity index (χ4n) is 4.83. The number of aromatic amines is 1. The molecule has 0 aliphatic carbocycles. The van der Waals surface area contributed by atoms with Gasteiger partial charge in [0, 0.05) is 41.3 Å². The Morgan fingerprint density at radius 1 is 1.06 bits per heavy atom. The summed E-state index contributed by atoms with van der Waals surface area (Å²) in [5.41, 5.74) is 1.42. The van der Waals surface area contributed by atoms with E-state index < -0.39 is 48.7 Å². The highest BCUT2D eigenvalue weighted by atomic mass is 19.4. The van der Waals surface area contributed by atoms with E-state index in [2.05, 4.69) is 15.6 Å². The number of para-hydroxylation sites is 1. The first-order chi connectivity index (χ1) is 16.7. The average molecular weight is 499 g/mol. The van der Waals surface area contributed by atoms with Gasteiger partial charge in [0.25, 0.3) is 0 Å². The van der Waals surface area contributed by atoms with Crippen molar-refractivity contribution >= 4 is 16.6 Å². The Morgan fingerprint density at radius 3 is 2.57 bits per heavy atom. The highest BCUT2D eigenvalue weighted by Crippen LogP contribution is 2.44. The third-order valence-electron chi connectivity index (χ3n) is 6.38. The van der Waals surface area contributed by atoms with E-state index in [9.17, 15) is 17.6 Å². The number of aromatic nitrogens is 1. The molecule has 2 aromatic carbocycles. The summed E-state index contributed by atoms with van der Waals surface area (Å²) in [7, 11) is 0. The Morgan fingerprint density at radius 2 is 1.83 bits per heavy atom. The molecule has 0 bridgehead atoms. The molecule has 0 saturated carbocycles. The Labute approximate surface area is 199 Å². The van der Waals surface area contributed by atoms with E-state index in [-0.39, 0.29) is 12.2 Å². The maximum atomic E-state index is 15.7. The summed E-state index contributed by atoms with van der Waals surface area (Å²) in [5, 5.41) is 6.70. The summed E-state index contributed by atoms with van der Waals surface area (Å²) < 4.78 is 83.8. The van der Waals surface area contributed by atoms with Crippen LogP contribution < -0.4 is 10.6 Å². The van der Waals surface area contributed by atoms with Crippen LogP contribution in [0.3, 0.4) is 0 Å². The SMILES string of the molecule is C[C@@H]1Cc2c([nH]c3ccccc23)C(c2c(F)ccc(NCCNCCCF)c2F)N1CC(F)(F)F. The van der Waals surface area contributed by atoms with Crippen LogP contribution in [0.1, 0.15) is 36.2 Å². The van der Waals surface area contributed by atoms with Crippen molar-refractivity contribution in [2.75, 3.05) is 38.2 Å². The van der Waals surface area contributed by atoms with E-state index >= 15 is 8.78 Å². The topological polar surface area (TPSA) is 43.1 Å². The Balaban J connectivity index is 1.75. The second-order valence-electron chi connectivity index (χ2n) is 8.85. The van der Waals surface area contributed by atoms with Crippen molar-refractivity contribution in [1.82, 2.24) is 15.2 Å². The van der Waals surface area contributed by atoms with Crippen molar-refractivity contribution in [2.24, 2.45) is 0 Å². The lowest BCUT2D eigenvalue weighted by Crippen LogP contribution is -2.47. The molecule has 2 heterocycles. The fraction of sp³-hybridized carbons (Fsp3) is 0.440. The zero-order valence-corrected chi connectivity index (χ0v) is 19.3. The van der Waals surface area contributed by atoms with E-state index in [0.717, 1.165) is 21.9 Å². The van der Waals surface area contributed by atoms with E-state index in [1.165, 1.54) is 6.07 Å². The third kappa shape index (κ3) is 5.43. The van der Waals surface area contributed by atoms with Crippen LogP contribution in [0, 0.1) is 11.6 Å². The number of nitrogens with one attached hydrogen (secondary N) is 3. The molecule has 4 nitrogen and oxygen atoms in total. The quantitative estimate of drug-likeness (QED) is 0.262. The third-order valence-corrected chi connectivity index (χ3v) is 6.38. The van der Waals surface area contributed by atoms with E-state index in [1.807, 2.05) is 12.1 Å².